The Kier molecular flexibility index (Phi) is 3.53. The summed E-state index contributed by atoms with van der Waals surface area (Å²) in [6, 6.07) is 0. The van der Waals surface area contributed by atoms with Crippen LogP contribution in [0, 0.1) is 5.41 Å². The fraction of sp³-hybridized carbons (Fsp3) is 0.923. The van der Waals surface area contributed by atoms with E-state index >= 15 is 0 Å². The number of rotatable bonds is 4. The minimum Gasteiger partial charge on any atom is -0.447 e. The molecule has 1 amide bonds. The third kappa shape index (κ3) is 1.64. The van der Waals surface area contributed by atoms with E-state index in [1.54, 1.807) is 13.8 Å². The van der Waals surface area contributed by atoms with Gasteiger partial charge >= 0.3 is 6.09 Å². The van der Waals surface area contributed by atoms with Gasteiger partial charge in [-0.15, -0.1) is 0 Å². The lowest BCUT2D eigenvalue weighted by Gasteiger charge is -2.26. The maximum Gasteiger partial charge on any atom is 0.409 e. The van der Waals surface area contributed by atoms with Crippen molar-refractivity contribution in [2.24, 2.45) is 5.41 Å². The second kappa shape index (κ2) is 4.56. The van der Waals surface area contributed by atoms with Gasteiger partial charge in [0.2, 0.25) is 5.79 Å². The zero-order valence-corrected chi connectivity index (χ0v) is 12.3. The Morgan fingerprint density at radius 3 is 2.25 bits per heavy atom. The van der Waals surface area contributed by atoms with E-state index in [2.05, 4.69) is 0 Å². The Bertz CT molecular complexity index is 410. The van der Waals surface area contributed by atoms with Crippen molar-refractivity contribution >= 4 is 6.09 Å². The summed E-state index contributed by atoms with van der Waals surface area (Å²) >= 11 is 0. The van der Waals surface area contributed by atoms with Crippen molar-refractivity contribution in [1.82, 2.24) is 4.90 Å². The number of ether oxygens (including phenoxy) is 2. The second-order valence-corrected chi connectivity index (χ2v) is 5.89. The Labute approximate surface area is 118 Å². The van der Waals surface area contributed by atoms with Crippen molar-refractivity contribution in [1.29, 1.82) is 0 Å². The van der Waals surface area contributed by atoms with E-state index in [9.17, 15) is 20.1 Å². The van der Waals surface area contributed by atoms with Crippen LogP contribution in [0.2, 0.25) is 0 Å². The molecule has 7 heteroatoms. The quantitative estimate of drug-likeness (QED) is 0.656. The molecule has 3 N–H and O–H groups in total. The van der Waals surface area contributed by atoms with Crippen LogP contribution in [0.15, 0.2) is 0 Å². The molecule has 0 radical (unpaired) electrons. The number of hydrogen-bond donors (Lipinski definition) is 3. The van der Waals surface area contributed by atoms with Gasteiger partial charge in [0, 0.05) is 13.1 Å². The summed E-state index contributed by atoms with van der Waals surface area (Å²) < 4.78 is 10.4. The summed E-state index contributed by atoms with van der Waals surface area (Å²) in [4.78, 5) is 13.2. The minimum absolute atomic E-state index is 0.211. The molecule has 0 aromatic heterocycles. The highest BCUT2D eigenvalue weighted by Crippen LogP contribution is 2.71. The number of carbonyl (C=O) groups is 1. The van der Waals surface area contributed by atoms with Crippen molar-refractivity contribution in [2.45, 2.75) is 51.3 Å². The van der Waals surface area contributed by atoms with E-state index in [1.165, 1.54) is 4.90 Å². The number of amides is 1. The van der Waals surface area contributed by atoms with Crippen LogP contribution in [0.25, 0.3) is 0 Å². The molecular weight excluding hydrogens is 266 g/mol. The van der Waals surface area contributed by atoms with Crippen molar-refractivity contribution in [3.05, 3.63) is 0 Å². The molecule has 2 fully saturated rings. The molecule has 1 saturated heterocycles. The lowest BCUT2D eigenvalue weighted by Crippen LogP contribution is -2.43. The SMILES string of the molecule is CCN(CC)C(=O)OC[C@H]1O[C@]2(O)C(C)(C)[C@@]2(O)[C@H]1O. The van der Waals surface area contributed by atoms with Crippen LogP contribution in [0.4, 0.5) is 4.79 Å². The zero-order chi connectivity index (χ0) is 15.3. The van der Waals surface area contributed by atoms with Gasteiger partial charge in [-0.05, 0) is 13.8 Å². The molecule has 2 aliphatic rings. The van der Waals surface area contributed by atoms with E-state index < -0.39 is 35.1 Å². The molecule has 4 atom stereocenters. The Balaban J connectivity index is 1.94. The van der Waals surface area contributed by atoms with Gasteiger partial charge in [0.25, 0.3) is 0 Å². The topological polar surface area (TPSA) is 99.5 Å². The summed E-state index contributed by atoms with van der Waals surface area (Å²) in [6.07, 6.45) is -2.74. The van der Waals surface area contributed by atoms with Crippen LogP contribution in [0.3, 0.4) is 0 Å². The van der Waals surface area contributed by atoms with Crippen molar-refractivity contribution in [3.8, 4) is 0 Å². The first-order chi connectivity index (χ1) is 9.17. The van der Waals surface area contributed by atoms with Gasteiger partial charge in [-0.3, -0.25) is 0 Å². The molecular formula is C13H23NO6. The molecule has 1 saturated carbocycles. The number of carbonyl (C=O) groups excluding carboxylic acids is 1. The third-order valence-electron chi connectivity index (χ3n) is 4.75. The summed E-state index contributed by atoms with van der Waals surface area (Å²) in [5.74, 6) is -1.79. The Morgan fingerprint density at radius 1 is 1.30 bits per heavy atom. The maximum absolute atomic E-state index is 11.7. The molecule has 1 aliphatic heterocycles. The van der Waals surface area contributed by atoms with Gasteiger partial charge < -0.3 is 29.7 Å². The Hall–Kier alpha value is -0.890. The highest BCUT2D eigenvalue weighted by molar-refractivity contribution is 5.67. The van der Waals surface area contributed by atoms with E-state index in [0.717, 1.165) is 0 Å². The number of aliphatic hydroxyl groups is 3. The highest BCUT2D eigenvalue weighted by Gasteiger charge is 2.92. The average molecular weight is 289 g/mol. The largest absolute Gasteiger partial charge is 0.447 e. The summed E-state index contributed by atoms with van der Waals surface area (Å²) in [5.41, 5.74) is -2.66. The first kappa shape index (κ1) is 15.5. The molecule has 0 spiro atoms. The second-order valence-electron chi connectivity index (χ2n) is 5.89. The van der Waals surface area contributed by atoms with Gasteiger partial charge in [-0.2, -0.15) is 0 Å². The van der Waals surface area contributed by atoms with Crippen molar-refractivity contribution < 1.29 is 29.6 Å². The number of nitrogens with zero attached hydrogens (tertiary/aromatic N) is 1. The smallest absolute Gasteiger partial charge is 0.409 e. The Morgan fingerprint density at radius 2 is 1.85 bits per heavy atom. The van der Waals surface area contributed by atoms with Crippen molar-refractivity contribution in [2.75, 3.05) is 19.7 Å². The third-order valence-corrected chi connectivity index (χ3v) is 4.75. The van der Waals surface area contributed by atoms with Crippen LogP contribution in [-0.4, -0.2) is 69.6 Å². The van der Waals surface area contributed by atoms with Gasteiger partial charge in [0.15, 0.2) is 5.60 Å². The molecule has 0 bridgehead atoms. The molecule has 116 valence electrons. The molecule has 0 unspecified atom stereocenters. The molecule has 20 heavy (non-hydrogen) atoms. The van der Waals surface area contributed by atoms with Crippen LogP contribution < -0.4 is 0 Å². The van der Waals surface area contributed by atoms with E-state index in [-0.39, 0.29) is 6.61 Å². The van der Waals surface area contributed by atoms with Gasteiger partial charge in [0.05, 0.1) is 5.41 Å². The molecule has 0 aromatic carbocycles. The fourth-order valence-corrected chi connectivity index (χ4v) is 3.03. The number of fused-ring (bicyclic) bond motifs is 1. The number of aliphatic hydroxyl groups excluding tert-OH is 1. The molecule has 0 aromatic rings. The van der Waals surface area contributed by atoms with E-state index in [1.807, 2.05) is 13.8 Å². The molecule has 1 heterocycles. The minimum atomic E-state index is -1.79. The summed E-state index contributed by atoms with van der Waals surface area (Å²) in [6.45, 7) is 7.69. The maximum atomic E-state index is 11.7. The van der Waals surface area contributed by atoms with Gasteiger partial charge in [-0.1, -0.05) is 13.8 Å². The van der Waals surface area contributed by atoms with Gasteiger partial charge in [-0.25, -0.2) is 4.79 Å². The summed E-state index contributed by atoms with van der Waals surface area (Å²) in [5, 5.41) is 30.6. The standard InChI is InChI=1S/C13H23NO6/c1-5-14(6-2)10(16)19-7-8-9(15)12(17)11(3,4)13(12,18)20-8/h8-9,15,17-18H,5-7H2,1-4H3/t8-,9+,12+,13-/m1/s1. The number of hydrogen-bond acceptors (Lipinski definition) is 6. The highest BCUT2D eigenvalue weighted by atomic mass is 16.7. The summed E-state index contributed by atoms with van der Waals surface area (Å²) in [7, 11) is 0. The predicted octanol–water partition coefficient (Wildman–Crippen LogP) is -0.316. The van der Waals surface area contributed by atoms with E-state index in [0.29, 0.717) is 13.1 Å². The lowest BCUT2D eigenvalue weighted by atomic mass is 9.98. The molecule has 7 nitrogen and oxygen atoms in total. The van der Waals surface area contributed by atoms with Crippen LogP contribution in [-0.2, 0) is 9.47 Å². The zero-order valence-electron chi connectivity index (χ0n) is 12.3. The fourth-order valence-electron chi connectivity index (χ4n) is 3.03. The van der Waals surface area contributed by atoms with Crippen LogP contribution in [0.5, 0.6) is 0 Å². The molecule has 1 aliphatic carbocycles. The van der Waals surface area contributed by atoms with Crippen LogP contribution >= 0.6 is 0 Å². The average Bonchev–Trinajstić information content (AvgIpc) is 2.61. The molecule has 2 rings (SSSR count). The van der Waals surface area contributed by atoms with Crippen molar-refractivity contribution in [3.63, 3.8) is 0 Å². The first-order valence-corrected chi connectivity index (χ1v) is 6.89. The first-order valence-electron chi connectivity index (χ1n) is 6.89. The van der Waals surface area contributed by atoms with Gasteiger partial charge in [0.1, 0.15) is 18.8 Å². The monoisotopic (exact) mass is 289 g/mol. The van der Waals surface area contributed by atoms with E-state index in [4.69, 9.17) is 9.47 Å². The van der Waals surface area contributed by atoms with Crippen LogP contribution in [0.1, 0.15) is 27.7 Å². The normalized spacial score (nSPS) is 41.1. The predicted molar refractivity (Wildman–Crippen MR) is 68.8 cm³/mol. The lowest BCUT2D eigenvalue weighted by molar-refractivity contribution is -0.180.